The van der Waals surface area contributed by atoms with Crippen molar-refractivity contribution in [2.45, 2.75) is 11.8 Å². The van der Waals surface area contributed by atoms with Gasteiger partial charge < -0.3 is 9.84 Å². The predicted molar refractivity (Wildman–Crippen MR) is 82.2 cm³/mol. The molecule has 0 saturated carbocycles. The number of benzene rings is 2. The minimum atomic E-state index is -3.09. The molecule has 0 amide bonds. The Labute approximate surface area is 134 Å². The maximum atomic E-state index is 13.7. The number of para-hydroxylation sites is 2. The van der Waals surface area contributed by atoms with E-state index in [1.165, 1.54) is 36.4 Å². The summed E-state index contributed by atoms with van der Waals surface area (Å²) in [5, 5.41) is 9.52. The average Bonchev–Trinajstić information content (AvgIpc) is 2.53. The summed E-state index contributed by atoms with van der Waals surface area (Å²) in [4.78, 5) is 11.7. The number of rotatable bonds is 2. The first-order chi connectivity index (χ1) is 10.6. The molecule has 0 fully saturated rings. The first-order valence-corrected chi connectivity index (χ1v) is 7.93. The Morgan fingerprint density at radius 1 is 1.05 bits per heavy atom. The largest absolute Gasteiger partial charge is 0.480 e. The highest BCUT2D eigenvalue weighted by Crippen LogP contribution is 2.51. The third-order valence-corrected chi connectivity index (χ3v) is 3.51. The smallest absolute Gasteiger partial charge is 0.324 e. The van der Waals surface area contributed by atoms with Crippen LogP contribution in [0.2, 0.25) is 0 Å². The quantitative estimate of drug-likeness (QED) is 0.794. The number of carbonyl (C=O) groups is 1. The van der Waals surface area contributed by atoms with E-state index >= 15 is 0 Å². The molecule has 0 saturated heterocycles. The normalized spacial score (nSPS) is 14.0. The molecule has 3 rings (SSSR count). The number of carboxylic acid groups (broad SMARTS) is 1. The first kappa shape index (κ1) is 16.4. The van der Waals surface area contributed by atoms with E-state index in [1.807, 2.05) is 5.83 Å². The molecule has 0 aliphatic carbocycles. The van der Waals surface area contributed by atoms with Crippen LogP contribution >= 0.6 is 15.9 Å². The van der Waals surface area contributed by atoms with Crippen LogP contribution in [0.25, 0.3) is 0 Å². The van der Waals surface area contributed by atoms with Gasteiger partial charge in [0.15, 0.2) is 5.41 Å². The zero-order valence-corrected chi connectivity index (χ0v) is 13.2. The minimum Gasteiger partial charge on any atom is -0.480 e. The molecule has 3 nitrogen and oxygen atoms in total. The van der Waals surface area contributed by atoms with Crippen LogP contribution in [0, 0.1) is 0 Å². The lowest BCUT2D eigenvalue weighted by molar-refractivity contribution is -0.148. The molecular formula is C16H13BrF2O3. The van der Waals surface area contributed by atoms with E-state index in [0.29, 0.717) is 0 Å². The van der Waals surface area contributed by atoms with E-state index in [2.05, 4.69) is 15.9 Å². The third-order valence-electron chi connectivity index (χ3n) is 3.51. The number of hydrogen-bond donors (Lipinski definition) is 1. The Morgan fingerprint density at radius 2 is 1.45 bits per heavy atom. The van der Waals surface area contributed by atoms with Crippen molar-refractivity contribution in [3.8, 4) is 11.5 Å². The highest BCUT2D eigenvalue weighted by Gasteiger charge is 2.55. The summed E-state index contributed by atoms with van der Waals surface area (Å²) in [5.41, 5.74) is -2.45. The molecule has 1 heterocycles. The van der Waals surface area contributed by atoms with Gasteiger partial charge in [0.2, 0.25) is 0 Å². The summed E-state index contributed by atoms with van der Waals surface area (Å²) in [5.74, 6) is 0.519. The highest BCUT2D eigenvalue weighted by molar-refractivity contribution is 9.08. The lowest BCUT2D eigenvalue weighted by atomic mass is 9.72. The molecular weight excluding hydrogens is 358 g/mol. The number of alkyl halides is 3. The molecule has 1 aliphatic heterocycles. The van der Waals surface area contributed by atoms with Gasteiger partial charge in [0.25, 0.3) is 6.43 Å². The molecule has 22 heavy (non-hydrogen) atoms. The maximum absolute atomic E-state index is 13.7. The van der Waals surface area contributed by atoms with Crippen LogP contribution in [0.3, 0.4) is 0 Å². The molecule has 6 heteroatoms. The highest BCUT2D eigenvalue weighted by atomic mass is 79.9. The van der Waals surface area contributed by atoms with Gasteiger partial charge in [-0.05, 0) is 18.0 Å². The number of fused-ring (bicyclic) bond motifs is 2. The van der Waals surface area contributed by atoms with Crippen molar-refractivity contribution >= 4 is 21.9 Å². The van der Waals surface area contributed by atoms with Crippen molar-refractivity contribution in [3.05, 3.63) is 59.7 Å². The zero-order chi connectivity index (χ0) is 16.3. The molecule has 0 bridgehead atoms. The lowest BCUT2D eigenvalue weighted by Gasteiger charge is -2.35. The van der Waals surface area contributed by atoms with Gasteiger partial charge in [-0.3, -0.25) is 4.79 Å². The third kappa shape index (κ3) is 2.27. The second-order valence-electron chi connectivity index (χ2n) is 4.51. The Hall–Kier alpha value is -1.95. The number of halogens is 3. The van der Waals surface area contributed by atoms with Crippen LogP contribution < -0.4 is 4.74 Å². The Balaban J connectivity index is 0.000000847. The van der Waals surface area contributed by atoms with Gasteiger partial charge in [0.05, 0.1) is 0 Å². The fraction of sp³-hybridized carbons (Fsp3) is 0.188. The van der Waals surface area contributed by atoms with Gasteiger partial charge in [0, 0.05) is 11.1 Å². The molecule has 0 radical (unpaired) electrons. The molecule has 2 aromatic rings. The van der Waals surface area contributed by atoms with E-state index in [4.69, 9.17) is 4.74 Å². The van der Waals surface area contributed by atoms with Crippen molar-refractivity contribution in [2.75, 3.05) is 5.83 Å². The minimum absolute atomic E-state index is 0.0267. The number of hydrogen-bond acceptors (Lipinski definition) is 2. The van der Waals surface area contributed by atoms with E-state index in [9.17, 15) is 18.7 Å². The first-order valence-electron chi connectivity index (χ1n) is 6.34. The van der Waals surface area contributed by atoms with E-state index < -0.39 is 17.8 Å². The van der Waals surface area contributed by atoms with Crippen LogP contribution in [0.4, 0.5) is 8.78 Å². The molecule has 0 spiro atoms. The van der Waals surface area contributed by atoms with E-state index in [-0.39, 0.29) is 22.6 Å². The SMILES string of the molecule is CBr.O=C(O)C1(C(F)F)c2ccccc2Oc2ccccc21. The average molecular weight is 371 g/mol. The van der Waals surface area contributed by atoms with E-state index in [1.54, 1.807) is 12.1 Å². The molecule has 0 aromatic heterocycles. The van der Waals surface area contributed by atoms with Gasteiger partial charge in [-0.15, -0.1) is 0 Å². The maximum Gasteiger partial charge on any atom is 0.324 e. The van der Waals surface area contributed by atoms with Crippen molar-refractivity contribution in [2.24, 2.45) is 0 Å². The summed E-state index contributed by atoms with van der Waals surface area (Å²) in [7, 11) is 0. The topological polar surface area (TPSA) is 46.5 Å². The fourth-order valence-electron chi connectivity index (χ4n) is 2.59. The monoisotopic (exact) mass is 370 g/mol. The molecule has 2 aromatic carbocycles. The van der Waals surface area contributed by atoms with Gasteiger partial charge in [0.1, 0.15) is 11.5 Å². The lowest BCUT2D eigenvalue weighted by Crippen LogP contribution is -2.45. The Morgan fingerprint density at radius 3 is 1.82 bits per heavy atom. The van der Waals surface area contributed by atoms with Gasteiger partial charge in [-0.25, -0.2) is 8.78 Å². The molecule has 116 valence electrons. The summed E-state index contributed by atoms with van der Waals surface area (Å²) >= 11 is 2.94. The summed E-state index contributed by atoms with van der Waals surface area (Å²) in [6.07, 6.45) is -3.09. The second-order valence-corrected chi connectivity index (χ2v) is 4.51. The Bertz CT molecular complexity index is 643. The van der Waals surface area contributed by atoms with Crippen LogP contribution in [0.15, 0.2) is 48.5 Å². The van der Waals surface area contributed by atoms with Crippen LogP contribution in [0.5, 0.6) is 11.5 Å². The summed E-state index contributed by atoms with van der Waals surface area (Å²) in [6, 6.07) is 12.0. The molecule has 1 aliphatic rings. The zero-order valence-electron chi connectivity index (χ0n) is 11.6. The number of ether oxygens (including phenoxy) is 1. The van der Waals surface area contributed by atoms with Gasteiger partial charge in [-0.2, -0.15) is 0 Å². The summed E-state index contributed by atoms with van der Waals surface area (Å²) < 4.78 is 33.0. The van der Waals surface area contributed by atoms with Crippen LogP contribution in [0.1, 0.15) is 11.1 Å². The Kier molecular flexibility index (Phi) is 4.81. The standard InChI is InChI=1S/C15H10F2O3.CH3Br/c16-13(17)15(14(18)19)9-5-1-3-7-11(9)20-12-8-4-2-6-10(12)15;1-2/h1-8,13H,(H,18,19);1H3. The van der Waals surface area contributed by atoms with Crippen LogP contribution in [-0.2, 0) is 10.2 Å². The van der Waals surface area contributed by atoms with Crippen molar-refractivity contribution in [1.82, 2.24) is 0 Å². The van der Waals surface area contributed by atoms with Gasteiger partial charge >= 0.3 is 5.97 Å². The number of carboxylic acids is 1. The molecule has 0 atom stereocenters. The summed E-state index contributed by atoms with van der Waals surface area (Å²) in [6.45, 7) is 0. The van der Waals surface area contributed by atoms with Crippen LogP contribution in [-0.4, -0.2) is 23.3 Å². The van der Waals surface area contributed by atoms with Crippen molar-refractivity contribution in [3.63, 3.8) is 0 Å². The molecule has 1 N–H and O–H groups in total. The fourth-order valence-corrected chi connectivity index (χ4v) is 2.59. The van der Waals surface area contributed by atoms with Crippen molar-refractivity contribution < 1.29 is 23.4 Å². The molecule has 0 unspecified atom stereocenters. The van der Waals surface area contributed by atoms with E-state index in [0.717, 1.165) is 0 Å². The van der Waals surface area contributed by atoms with Gasteiger partial charge in [-0.1, -0.05) is 52.3 Å². The predicted octanol–water partition coefficient (Wildman–Crippen LogP) is 4.44. The van der Waals surface area contributed by atoms with Crippen molar-refractivity contribution in [1.29, 1.82) is 0 Å². The number of aliphatic carboxylic acids is 1. The second kappa shape index (κ2) is 6.44.